The molecule has 0 aromatic heterocycles. The molecule has 0 heteroatoms. The number of aryl methyl sites for hydroxylation is 4. The van der Waals surface area contributed by atoms with Gasteiger partial charge in [0.25, 0.3) is 0 Å². The maximum atomic E-state index is 2.47. The van der Waals surface area contributed by atoms with Gasteiger partial charge in [-0.15, -0.1) is 0 Å². The third-order valence-electron chi connectivity index (χ3n) is 7.39. The molecule has 0 aliphatic rings. The van der Waals surface area contributed by atoms with E-state index in [9.17, 15) is 0 Å². The summed E-state index contributed by atoms with van der Waals surface area (Å²) in [7, 11) is 0. The Balaban J connectivity index is 0.000000380. The van der Waals surface area contributed by atoms with E-state index >= 15 is 0 Å². The van der Waals surface area contributed by atoms with Gasteiger partial charge in [-0.2, -0.15) is 0 Å². The zero-order chi connectivity index (χ0) is 27.8. The molecule has 0 aliphatic carbocycles. The number of hydrogen-bond donors (Lipinski definition) is 0. The van der Waals surface area contributed by atoms with Crippen molar-refractivity contribution in [2.75, 3.05) is 0 Å². The summed E-state index contributed by atoms with van der Waals surface area (Å²) in [4.78, 5) is 0. The van der Waals surface area contributed by atoms with Crippen LogP contribution < -0.4 is 0 Å². The Morgan fingerprint density at radius 1 is 0.526 bits per heavy atom. The highest BCUT2D eigenvalue weighted by atomic mass is 14.1. The second-order valence-corrected chi connectivity index (χ2v) is 11.1. The van der Waals surface area contributed by atoms with E-state index < -0.39 is 0 Å². The topological polar surface area (TPSA) is 0 Å². The second kappa shape index (κ2) is 22.9. The van der Waals surface area contributed by atoms with Gasteiger partial charge in [-0.1, -0.05) is 147 Å². The number of allylic oxidation sites excluding steroid dienone is 2. The molecule has 0 aliphatic heterocycles. The molecule has 0 nitrogen and oxygen atoms in total. The van der Waals surface area contributed by atoms with Gasteiger partial charge in [-0.05, 0) is 91.8 Å². The summed E-state index contributed by atoms with van der Waals surface area (Å²) in [5.74, 6) is 0. The molecule has 0 N–H and O–H groups in total. The standard InChI is InChI=1S/C19H32.C19H28/c2*1-4-6-8-10-12-18-15-14-17(3)19(16-18)13-11-9-7-5-2/h14-16H,4-13H2,1-3H3;10-16H,4-9H2,1-3H3. The normalized spacial score (nSPS) is 11.3. The number of unbranched alkanes of at least 4 members (excludes halogenated alkanes) is 10. The van der Waals surface area contributed by atoms with E-state index in [-0.39, 0.29) is 0 Å². The van der Waals surface area contributed by atoms with Crippen LogP contribution >= 0.6 is 0 Å². The summed E-state index contributed by atoms with van der Waals surface area (Å²) in [6.45, 7) is 13.5. The number of benzene rings is 2. The highest BCUT2D eigenvalue weighted by Gasteiger charge is 2.01. The molecule has 2 aromatic rings. The minimum absolute atomic E-state index is 1.19. The van der Waals surface area contributed by atoms with Crippen molar-refractivity contribution in [3.05, 3.63) is 81.9 Å². The molecule has 0 atom stereocenters. The van der Waals surface area contributed by atoms with Crippen LogP contribution in [0.3, 0.4) is 0 Å². The van der Waals surface area contributed by atoms with Crippen molar-refractivity contribution in [2.24, 2.45) is 0 Å². The van der Waals surface area contributed by atoms with Crippen molar-refractivity contribution in [1.82, 2.24) is 0 Å². The summed E-state index contributed by atoms with van der Waals surface area (Å²) in [5.41, 5.74) is 8.65. The Bertz CT molecular complexity index is 898. The van der Waals surface area contributed by atoms with E-state index in [0.717, 1.165) is 0 Å². The van der Waals surface area contributed by atoms with Crippen LogP contribution in [0.15, 0.2) is 48.6 Å². The summed E-state index contributed by atoms with van der Waals surface area (Å²) in [6.07, 6.45) is 30.0. The zero-order valence-electron chi connectivity index (χ0n) is 26.1. The van der Waals surface area contributed by atoms with E-state index in [1.165, 1.54) is 125 Å². The average Bonchev–Trinajstić information content (AvgIpc) is 2.93. The van der Waals surface area contributed by atoms with Crippen LogP contribution in [0, 0.1) is 13.8 Å². The minimum Gasteiger partial charge on any atom is -0.0839 e. The zero-order valence-corrected chi connectivity index (χ0v) is 26.1. The first-order chi connectivity index (χ1) is 18.5. The van der Waals surface area contributed by atoms with Gasteiger partial charge in [0.05, 0.1) is 0 Å². The van der Waals surface area contributed by atoms with Crippen molar-refractivity contribution in [3.63, 3.8) is 0 Å². The van der Waals surface area contributed by atoms with Crippen LogP contribution in [0.5, 0.6) is 0 Å². The van der Waals surface area contributed by atoms with E-state index in [2.05, 4.69) is 102 Å². The average molecular weight is 517 g/mol. The first kappa shape index (κ1) is 33.9. The Morgan fingerprint density at radius 2 is 1.11 bits per heavy atom. The van der Waals surface area contributed by atoms with Crippen molar-refractivity contribution in [3.8, 4) is 0 Å². The van der Waals surface area contributed by atoms with Crippen LogP contribution in [0.2, 0.25) is 0 Å². The molecule has 212 valence electrons. The third kappa shape index (κ3) is 16.0. The van der Waals surface area contributed by atoms with Crippen LogP contribution in [-0.4, -0.2) is 0 Å². The van der Waals surface area contributed by atoms with Crippen LogP contribution in [0.4, 0.5) is 0 Å². The fourth-order valence-electron chi connectivity index (χ4n) is 4.66. The van der Waals surface area contributed by atoms with Gasteiger partial charge in [-0.25, -0.2) is 0 Å². The Kier molecular flexibility index (Phi) is 20.4. The van der Waals surface area contributed by atoms with E-state index in [1.54, 1.807) is 11.1 Å². The van der Waals surface area contributed by atoms with Crippen molar-refractivity contribution in [1.29, 1.82) is 0 Å². The number of rotatable bonds is 18. The summed E-state index contributed by atoms with van der Waals surface area (Å²) in [5, 5.41) is 0. The predicted molar refractivity (Wildman–Crippen MR) is 175 cm³/mol. The van der Waals surface area contributed by atoms with Gasteiger partial charge < -0.3 is 0 Å². The maximum absolute atomic E-state index is 2.47. The molecule has 0 spiro atoms. The molecule has 0 bridgehead atoms. The lowest BCUT2D eigenvalue weighted by Gasteiger charge is -2.09. The predicted octanol–water partition coefficient (Wildman–Crippen LogP) is 12.6. The first-order valence-electron chi connectivity index (χ1n) is 16.1. The summed E-state index contributed by atoms with van der Waals surface area (Å²) < 4.78 is 0. The SMILES string of the molecule is CCCCC=Cc1ccc(C)c(C=CCCCC)c1.CCCCCCc1ccc(C)c(CCCCCC)c1. The van der Waals surface area contributed by atoms with Crippen molar-refractivity contribution >= 4 is 12.2 Å². The molecule has 0 fully saturated rings. The molecule has 0 saturated heterocycles. The minimum atomic E-state index is 1.19. The fraction of sp³-hybridized carbons (Fsp3) is 0.579. The van der Waals surface area contributed by atoms with Gasteiger partial charge >= 0.3 is 0 Å². The Morgan fingerprint density at radius 3 is 1.74 bits per heavy atom. The summed E-state index contributed by atoms with van der Waals surface area (Å²) in [6, 6.07) is 13.8. The Hall–Kier alpha value is -2.08. The van der Waals surface area contributed by atoms with Crippen LogP contribution in [0.1, 0.15) is 151 Å². The van der Waals surface area contributed by atoms with Crippen LogP contribution in [-0.2, 0) is 12.8 Å². The molecule has 0 heterocycles. The maximum Gasteiger partial charge on any atom is -0.0225 e. The van der Waals surface area contributed by atoms with Crippen molar-refractivity contribution < 1.29 is 0 Å². The van der Waals surface area contributed by atoms with Gasteiger partial charge in [0.1, 0.15) is 0 Å². The molecular weight excluding hydrogens is 456 g/mol. The summed E-state index contributed by atoms with van der Waals surface area (Å²) >= 11 is 0. The second-order valence-electron chi connectivity index (χ2n) is 11.1. The monoisotopic (exact) mass is 516 g/mol. The molecule has 0 unspecified atom stereocenters. The molecule has 38 heavy (non-hydrogen) atoms. The Labute approximate surface area is 238 Å². The molecule has 2 rings (SSSR count). The lowest BCUT2D eigenvalue weighted by Crippen LogP contribution is -1.94. The smallest absolute Gasteiger partial charge is 0.0225 e. The quantitative estimate of drug-likeness (QED) is 0.173. The van der Waals surface area contributed by atoms with Gasteiger partial charge in [-0.3, -0.25) is 0 Å². The van der Waals surface area contributed by atoms with Crippen LogP contribution in [0.25, 0.3) is 12.2 Å². The van der Waals surface area contributed by atoms with Gasteiger partial charge in [0, 0.05) is 0 Å². The van der Waals surface area contributed by atoms with E-state index in [4.69, 9.17) is 0 Å². The third-order valence-corrected chi connectivity index (χ3v) is 7.39. The van der Waals surface area contributed by atoms with Gasteiger partial charge in [0.2, 0.25) is 0 Å². The number of hydrogen-bond acceptors (Lipinski definition) is 0. The molecule has 0 radical (unpaired) electrons. The first-order valence-corrected chi connectivity index (χ1v) is 16.1. The lowest BCUT2D eigenvalue weighted by molar-refractivity contribution is 0.660. The largest absolute Gasteiger partial charge is 0.0839 e. The van der Waals surface area contributed by atoms with Crippen molar-refractivity contribution in [2.45, 2.75) is 144 Å². The highest BCUT2D eigenvalue weighted by Crippen LogP contribution is 2.18. The molecule has 0 saturated carbocycles. The molecular formula is C38H60. The molecule has 0 amide bonds. The lowest BCUT2D eigenvalue weighted by atomic mass is 9.97. The fourth-order valence-corrected chi connectivity index (χ4v) is 4.66. The van der Waals surface area contributed by atoms with E-state index in [1.807, 2.05) is 0 Å². The highest BCUT2D eigenvalue weighted by molar-refractivity contribution is 5.60. The molecule has 2 aromatic carbocycles. The van der Waals surface area contributed by atoms with Gasteiger partial charge in [0.15, 0.2) is 0 Å². The van der Waals surface area contributed by atoms with E-state index in [0.29, 0.717) is 0 Å².